The Morgan fingerprint density at radius 3 is 2.78 bits per heavy atom. The van der Waals surface area contributed by atoms with Crippen molar-refractivity contribution in [3.05, 3.63) is 77.9 Å². The quantitative estimate of drug-likeness (QED) is 0.763. The van der Waals surface area contributed by atoms with Gasteiger partial charge in [-0.15, -0.1) is 6.58 Å². The van der Waals surface area contributed by atoms with Crippen molar-refractivity contribution in [3.8, 4) is 0 Å². The highest BCUT2D eigenvalue weighted by Gasteiger charge is 2.53. The van der Waals surface area contributed by atoms with E-state index in [1.54, 1.807) is 6.08 Å². The predicted molar refractivity (Wildman–Crippen MR) is 109 cm³/mol. The molecule has 1 heterocycles. The lowest BCUT2D eigenvalue weighted by Gasteiger charge is -2.43. The van der Waals surface area contributed by atoms with E-state index in [2.05, 4.69) is 59.7 Å². The Morgan fingerprint density at radius 2 is 1.96 bits per heavy atom. The van der Waals surface area contributed by atoms with Crippen LogP contribution in [-0.2, 0) is 0 Å². The molecule has 3 nitrogen and oxygen atoms in total. The van der Waals surface area contributed by atoms with Crippen molar-refractivity contribution < 1.29 is 4.79 Å². The molecule has 1 amide bonds. The second-order valence-electron chi connectivity index (χ2n) is 8.27. The van der Waals surface area contributed by atoms with Crippen molar-refractivity contribution in [1.82, 2.24) is 5.32 Å². The Hall–Kier alpha value is -2.55. The highest BCUT2D eigenvalue weighted by molar-refractivity contribution is 5.95. The fraction of sp³-hybridized carbons (Fsp3) is 0.375. The summed E-state index contributed by atoms with van der Waals surface area (Å²) in [4.78, 5) is 12.4. The van der Waals surface area contributed by atoms with Crippen LogP contribution in [0.1, 0.15) is 52.7 Å². The zero-order valence-corrected chi connectivity index (χ0v) is 15.5. The first-order valence-corrected chi connectivity index (χ1v) is 10.1. The maximum Gasteiger partial charge on any atom is 0.251 e. The summed E-state index contributed by atoms with van der Waals surface area (Å²) >= 11 is 0. The Labute approximate surface area is 160 Å². The van der Waals surface area contributed by atoms with Crippen LogP contribution in [-0.4, -0.2) is 12.5 Å². The lowest BCUT2D eigenvalue weighted by molar-refractivity contribution is 0.0957. The predicted octanol–water partition coefficient (Wildman–Crippen LogP) is 4.90. The number of rotatable bonds is 4. The van der Waals surface area contributed by atoms with E-state index in [-0.39, 0.29) is 5.91 Å². The fourth-order valence-corrected chi connectivity index (χ4v) is 5.88. The number of fused-ring (bicyclic) bond motifs is 7. The molecule has 2 fully saturated rings. The molecular weight excluding hydrogens is 332 g/mol. The second-order valence-corrected chi connectivity index (χ2v) is 8.27. The molecule has 0 saturated heterocycles. The highest BCUT2D eigenvalue weighted by atomic mass is 16.1. The van der Waals surface area contributed by atoms with Crippen LogP contribution in [0.5, 0.6) is 0 Å². The van der Waals surface area contributed by atoms with Crippen LogP contribution >= 0.6 is 0 Å². The van der Waals surface area contributed by atoms with Crippen LogP contribution in [0.3, 0.4) is 0 Å². The molecule has 0 unspecified atom stereocenters. The molecule has 1 aliphatic heterocycles. The monoisotopic (exact) mass is 358 g/mol. The molecule has 138 valence electrons. The normalized spacial score (nSPS) is 30.1. The van der Waals surface area contributed by atoms with Crippen molar-refractivity contribution in [2.45, 2.75) is 31.2 Å². The fourth-order valence-electron chi connectivity index (χ4n) is 5.88. The lowest BCUT2D eigenvalue weighted by atomic mass is 9.68. The molecule has 2 bridgehead atoms. The van der Waals surface area contributed by atoms with Gasteiger partial charge in [0, 0.05) is 17.8 Å². The number of hydrogen-bond acceptors (Lipinski definition) is 2. The topological polar surface area (TPSA) is 41.1 Å². The van der Waals surface area contributed by atoms with Gasteiger partial charge in [-0.1, -0.05) is 36.4 Å². The minimum Gasteiger partial charge on any atom is -0.378 e. The third-order valence-corrected chi connectivity index (χ3v) is 6.92. The van der Waals surface area contributed by atoms with Gasteiger partial charge in [-0.05, 0) is 72.3 Å². The first-order chi connectivity index (χ1) is 13.3. The van der Waals surface area contributed by atoms with Gasteiger partial charge >= 0.3 is 0 Å². The van der Waals surface area contributed by atoms with Crippen molar-refractivity contribution >= 4 is 11.6 Å². The SMILES string of the molecule is C=CCNC(=O)c1ccc2c(c1)[C@@H]1[C@H]3CC[C@@H](C3)[C@@H]1[C@H](c1ccccc1)N2. The van der Waals surface area contributed by atoms with E-state index in [0.29, 0.717) is 24.4 Å². The molecule has 2 saturated carbocycles. The van der Waals surface area contributed by atoms with Gasteiger partial charge in [0.15, 0.2) is 0 Å². The number of anilines is 1. The summed E-state index contributed by atoms with van der Waals surface area (Å²) in [6, 6.07) is 17.4. The maximum atomic E-state index is 12.4. The summed E-state index contributed by atoms with van der Waals surface area (Å²) in [6.45, 7) is 4.18. The molecule has 2 aliphatic carbocycles. The van der Waals surface area contributed by atoms with Crippen LogP contribution in [0.25, 0.3) is 0 Å². The van der Waals surface area contributed by atoms with E-state index in [1.807, 2.05) is 6.07 Å². The average Bonchev–Trinajstić information content (AvgIpc) is 3.34. The van der Waals surface area contributed by atoms with Crippen LogP contribution in [0.4, 0.5) is 5.69 Å². The number of carbonyl (C=O) groups excluding carboxylic acids is 1. The van der Waals surface area contributed by atoms with Gasteiger partial charge in [0.1, 0.15) is 0 Å². The highest BCUT2D eigenvalue weighted by Crippen LogP contribution is 2.63. The third-order valence-electron chi connectivity index (χ3n) is 6.92. The van der Waals surface area contributed by atoms with E-state index >= 15 is 0 Å². The second kappa shape index (κ2) is 6.56. The molecule has 0 aromatic heterocycles. The molecule has 27 heavy (non-hydrogen) atoms. The number of carbonyl (C=O) groups is 1. The zero-order chi connectivity index (χ0) is 18.4. The average molecular weight is 358 g/mol. The molecule has 2 aromatic carbocycles. The van der Waals surface area contributed by atoms with Crippen molar-refractivity contribution in [3.63, 3.8) is 0 Å². The Morgan fingerprint density at radius 1 is 1.15 bits per heavy atom. The summed E-state index contributed by atoms with van der Waals surface area (Å²) in [7, 11) is 0. The number of nitrogens with one attached hydrogen (secondary N) is 2. The first kappa shape index (κ1) is 16.6. The van der Waals surface area contributed by atoms with E-state index in [9.17, 15) is 4.79 Å². The van der Waals surface area contributed by atoms with Gasteiger partial charge < -0.3 is 10.6 Å². The van der Waals surface area contributed by atoms with Gasteiger partial charge in [-0.25, -0.2) is 0 Å². The molecule has 3 aliphatic rings. The smallest absolute Gasteiger partial charge is 0.251 e. The van der Waals surface area contributed by atoms with E-state index < -0.39 is 0 Å². The number of hydrogen-bond donors (Lipinski definition) is 2. The van der Waals surface area contributed by atoms with Crippen LogP contribution in [0, 0.1) is 17.8 Å². The number of benzene rings is 2. The molecule has 2 aromatic rings. The summed E-state index contributed by atoms with van der Waals surface area (Å²) < 4.78 is 0. The summed E-state index contributed by atoms with van der Waals surface area (Å²) in [6.07, 6.45) is 5.74. The van der Waals surface area contributed by atoms with E-state index in [1.165, 1.54) is 36.1 Å². The zero-order valence-electron chi connectivity index (χ0n) is 15.5. The molecule has 3 heteroatoms. The molecule has 5 atom stereocenters. The van der Waals surface area contributed by atoms with Gasteiger partial charge in [0.05, 0.1) is 6.04 Å². The van der Waals surface area contributed by atoms with Gasteiger partial charge in [0.25, 0.3) is 5.91 Å². The molecule has 0 radical (unpaired) electrons. The molecule has 2 N–H and O–H groups in total. The molecular formula is C24H26N2O. The van der Waals surface area contributed by atoms with Crippen molar-refractivity contribution in [1.29, 1.82) is 0 Å². The van der Waals surface area contributed by atoms with Crippen LogP contribution in [0.15, 0.2) is 61.2 Å². The van der Waals surface area contributed by atoms with Crippen LogP contribution < -0.4 is 10.6 Å². The Kier molecular flexibility index (Phi) is 4.04. The molecule has 0 spiro atoms. The van der Waals surface area contributed by atoms with E-state index in [4.69, 9.17) is 0 Å². The van der Waals surface area contributed by atoms with Gasteiger partial charge in [-0.2, -0.15) is 0 Å². The van der Waals surface area contributed by atoms with Crippen molar-refractivity contribution in [2.24, 2.45) is 17.8 Å². The van der Waals surface area contributed by atoms with Gasteiger partial charge in [0.2, 0.25) is 0 Å². The largest absolute Gasteiger partial charge is 0.378 e. The third kappa shape index (κ3) is 2.68. The molecule has 5 rings (SSSR count). The lowest BCUT2D eigenvalue weighted by Crippen LogP contribution is -2.35. The minimum atomic E-state index is -0.0115. The number of amides is 1. The summed E-state index contributed by atoms with van der Waals surface area (Å²) in [5.74, 6) is 2.74. The van der Waals surface area contributed by atoms with Gasteiger partial charge in [-0.3, -0.25) is 4.79 Å². The van der Waals surface area contributed by atoms with Crippen molar-refractivity contribution in [2.75, 3.05) is 11.9 Å². The Balaban J connectivity index is 1.54. The summed E-state index contributed by atoms with van der Waals surface area (Å²) in [5, 5.41) is 6.74. The standard InChI is InChI=1S/C24H26N2O/c1-2-12-25-24(27)18-10-11-20-19(14-18)21-16-8-9-17(13-16)22(21)23(26-20)15-6-4-3-5-7-15/h2-7,10-11,14,16-17,21-23,26H,1,8-9,12-13H2,(H,25,27)/t16-,17-,21-,22-,23-/m0/s1. The van der Waals surface area contributed by atoms with Crippen LogP contribution in [0.2, 0.25) is 0 Å². The summed E-state index contributed by atoms with van der Waals surface area (Å²) in [5.41, 5.74) is 4.71. The van der Waals surface area contributed by atoms with E-state index in [0.717, 1.165) is 17.4 Å². The first-order valence-electron chi connectivity index (χ1n) is 10.1. The Bertz CT molecular complexity index is 875. The minimum absolute atomic E-state index is 0.0115. The maximum absolute atomic E-state index is 12.4.